The lowest BCUT2D eigenvalue weighted by Gasteiger charge is -2.39. The van der Waals surface area contributed by atoms with Gasteiger partial charge in [0.2, 0.25) is 0 Å². The normalized spacial score (nSPS) is 34.2. The Morgan fingerprint density at radius 2 is 1.91 bits per heavy atom. The average molecular weight is 377 g/mol. The van der Waals surface area contributed by atoms with E-state index in [4.69, 9.17) is 14.4 Å². The van der Waals surface area contributed by atoms with Crippen LogP contribution in [0.1, 0.15) is 13.3 Å². The van der Waals surface area contributed by atoms with Crippen molar-refractivity contribution >= 4 is 27.2 Å². The molecule has 1 aliphatic rings. The van der Waals surface area contributed by atoms with Gasteiger partial charge in [-0.3, -0.25) is 4.55 Å². The molecule has 0 unspecified atom stereocenters. The Hall–Kier alpha value is -0.510. The van der Waals surface area contributed by atoms with E-state index in [0.29, 0.717) is 11.8 Å². The maximum atomic E-state index is 10.5. The minimum Gasteiger partial charge on any atom is -0.394 e. The third-order valence-corrected chi connectivity index (χ3v) is 4.20. The van der Waals surface area contributed by atoms with E-state index < -0.39 is 53.0 Å². The molecular formula is C10H19NO10S2. The predicted molar refractivity (Wildman–Crippen MR) is 77.7 cm³/mol. The Balaban J connectivity index is 2.88. The van der Waals surface area contributed by atoms with Crippen LogP contribution in [-0.4, -0.2) is 86.1 Å². The van der Waals surface area contributed by atoms with E-state index in [0.717, 1.165) is 0 Å². The average Bonchev–Trinajstić information content (AvgIpc) is 2.44. The zero-order valence-electron chi connectivity index (χ0n) is 12.0. The second-order valence-electron chi connectivity index (χ2n) is 4.86. The Morgan fingerprint density at radius 1 is 1.30 bits per heavy atom. The first-order valence-electron chi connectivity index (χ1n) is 6.43. The van der Waals surface area contributed by atoms with Gasteiger partial charge >= 0.3 is 10.4 Å². The number of hydrogen-bond acceptors (Lipinski definition) is 11. The maximum Gasteiger partial charge on any atom is 0.466 e. The summed E-state index contributed by atoms with van der Waals surface area (Å²) in [5.74, 6) is 0. The molecule has 1 heterocycles. The second-order valence-corrected chi connectivity index (χ2v) is 7.03. The predicted octanol–water partition coefficient (Wildman–Crippen LogP) is -2.58. The van der Waals surface area contributed by atoms with Crippen molar-refractivity contribution in [3.05, 3.63) is 0 Å². The summed E-state index contributed by atoms with van der Waals surface area (Å²) in [4.78, 5) is 0. The maximum absolute atomic E-state index is 10.5. The van der Waals surface area contributed by atoms with Crippen molar-refractivity contribution in [3.63, 3.8) is 0 Å². The fourth-order valence-corrected chi connectivity index (χ4v) is 3.16. The lowest BCUT2D eigenvalue weighted by Crippen LogP contribution is -2.57. The number of oxime groups is 1. The van der Waals surface area contributed by atoms with Crippen molar-refractivity contribution in [1.82, 2.24) is 0 Å². The molecule has 0 aromatic carbocycles. The number of ether oxygens (including phenoxy) is 1. The van der Waals surface area contributed by atoms with Crippen LogP contribution in [0.25, 0.3) is 0 Å². The van der Waals surface area contributed by atoms with Crippen LogP contribution < -0.4 is 0 Å². The summed E-state index contributed by atoms with van der Waals surface area (Å²) in [6.45, 7) is 0.739. The Kier molecular flexibility index (Phi) is 7.63. The van der Waals surface area contributed by atoms with Crippen LogP contribution in [0.4, 0.5) is 0 Å². The summed E-state index contributed by atoms with van der Waals surface area (Å²) in [6.07, 6.45) is -7.05. The molecule has 0 aromatic heterocycles. The van der Waals surface area contributed by atoms with Crippen LogP contribution in [0.3, 0.4) is 0 Å². The highest BCUT2D eigenvalue weighted by atomic mass is 32.3. The zero-order chi connectivity index (χ0) is 17.8. The van der Waals surface area contributed by atoms with Crippen molar-refractivity contribution in [2.24, 2.45) is 5.16 Å². The van der Waals surface area contributed by atoms with Gasteiger partial charge in [0.1, 0.15) is 34.9 Å². The van der Waals surface area contributed by atoms with Gasteiger partial charge in [0.15, 0.2) is 0 Å². The third kappa shape index (κ3) is 6.48. The van der Waals surface area contributed by atoms with Gasteiger partial charge in [0.05, 0.1) is 12.7 Å². The molecule has 1 rings (SSSR count). The summed E-state index contributed by atoms with van der Waals surface area (Å²) in [5.41, 5.74) is -1.23. The summed E-state index contributed by atoms with van der Waals surface area (Å²) >= 11 is 0.603. The molecule has 0 radical (unpaired) electrons. The van der Waals surface area contributed by atoms with Crippen LogP contribution in [0.2, 0.25) is 0 Å². The van der Waals surface area contributed by atoms with Gasteiger partial charge in [-0.1, -0.05) is 16.9 Å². The molecule has 1 fully saturated rings. The molecule has 23 heavy (non-hydrogen) atoms. The molecule has 0 aromatic rings. The minimum absolute atomic E-state index is 0.165. The first kappa shape index (κ1) is 20.5. The standard InChI is InChI=1S/C10H19NO10S2/c1-4(13)2-6(11-21-23(17,18)19)22-10-9(16)8(15)7(14)5(3-12)20-10/h4-5,7-10,12-16H,2-3H2,1H3,(H,17,18,19)/b11-6-/t4-,5+,7-,8-,9+,10+/m0/s1. The van der Waals surface area contributed by atoms with E-state index in [-0.39, 0.29) is 11.5 Å². The highest BCUT2D eigenvalue weighted by molar-refractivity contribution is 8.14. The van der Waals surface area contributed by atoms with Crippen LogP contribution in [-0.2, 0) is 19.4 Å². The molecule has 11 nitrogen and oxygen atoms in total. The highest BCUT2D eigenvalue weighted by Crippen LogP contribution is 2.30. The van der Waals surface area contributed by atoms with E-state index >= 15 is 0 Å². The number of hydrogen-bond donors (Lipinski definition) is 6. The number of aliphatic hydroxyl groups excluding tert-OH is 5. The zero-order valence-corrected chi connectivity index (χ0v) is 13.6. The Labute approximate surface area is 136 Å². The van der Waals surface area contributed by atoms with Gasteiger partial charge in [-0.15, -0.1) is 0 Å². The lowest BCUT2D eigenvalue weighted by atomic mass is 10.0. The first-order valence-corrected chi connectivity index (χ1v) is 8.67. The van der Waals surface area contributed by atoms with Crippen LogP contribution in [0.15, 0.2) is 5.16 Å². The molecule has 0 amide bonds. The molecule has 0 aliphatic carbocycles. The number of nitrogens with zero attached hydrogens (tertiary/aromatic N) is 1. The number of rotatable bonds is 6. The summed E-state index contributed by atoms with van der Waals surface area (Å²) in [6, 6.07) is 0. The van der Waals surface area contributed by atoms with E-state index in [1.807, 2.05) is 0 Å². The Bertz CT molecular complexity index is 508. The molecule has 1 saturated heterocycles. The summed E-state index contributed by atoms with van der Waals surface area (Å²) in [5, 5.41) is 50.6. The highest BCUT2D eigenvalue weighted by Gasteiger charge is 2.44. The van der Waals surface area contributed by atoms with Gasteiger partial charge in [-0.25, -0.2) is 4.28 Å². The van der Waals surface area contributed by atoms with Crippen molar-refractivity contribution < 1.29 is 47.5 Å². The van der Waals surface area contributed by atoms with Gasteiger partial charge in [0.25, 0.3) is 0 Å². The molecular weight excluding hydrogens is 358 g/mol. The molecule has 13 heteroatoms. The smallest absolute Gasteiger partial charge is 0.394 e. The van der Waals surface area contributed by atoms with E-state index in [2.05, 4.69) is 9.44 Å². The van der Waals surface area contributed by atoms with E-state index in [1.165, 1.54) is 6.92 Å². The minimum atomic E-state index is -4.86. The summed E-state index contributed by atoms with van der Waals surface area (Å²) in [7, 11) is -4.86. The summed E-state index contributed by atoms with van der Waals surface area (Å²) < 4.78 is 38.6. The molecule has 136 valence electrons. The van der Waals surface area contributed by atoms with Crippen molar-refractivity contribution in [1.29, 1.82) is 0 Å². The largest absolute Gasteiger partial charge is 0.466 e. The monoisotopic (exact) mass is 377 g/mol. The Morgan fingerprint density at radius 3 is 2.39 bits per heavy atom. The SMILES string of the molecule is C[C@H](O)C/C(=N/OS(=O)(=O)O)S[C@H]1O[C@H](CO)[C@H](O)[C@H](O)[C@H]1O. The third-order valence-electron chi connectivity index (χ3n) is 2.80. The van der Waals surface area contributed by atoms with Crippen LogP contribution >= 0.6 is 11.8 Å². The van der Waals surface area contributed by atoms with Gasteiger partial charge in [-0.2, -0.15) is 8.42 Å². The number of thioether (sulfide) groups is 1. The molecule has 6 N–H and O–H groups in total. The van der Waals surface area contributed by atoms with Crippen molar-refractivity contribution in [2.75, 3.05) is 6.61 Å². The number of aliphatic hydroxyl groups is 5. The van der Waals surface area contributed by atoms with Gasteiger partial charge < -0.3 is 30.3 Å². The van der Waals surface area contributed by atoms with Crippen LogP contribution in [0, 0.1) is 0 Å². The quantitative estimate of drug-likeness (QED) is 0.123. The van der Waals surface area contributed by atoms with Crippen molar-refractivity contribution in [2.45, 2.75) is 49.3 Å². The second kappa shape index (κ2) is 8.55. The lowest BCUT2D eigenvalue weighted by molar-refractivity contribution is -0.205. The van der Waals surface area contributed by atoms with E-state index in [9.17, 15) is 28.8 Å². The molecule has 0 saturated carbocycles. The van der Waals surface area contributed by atoms with Gasteiger partial charge in [0, 0.05) is 6.42 Å². The van der Waals surface area contributed by atoms with Crippen molar-refractivity contribution in [3.8, 4) is 0 Å². The van der Waals surface area contributed by atoms with Gasteiger partial charge in [-0.05, 0) is 6.92 Å². The van der Waals surface area contributed by atoms with Crippen LogP contribution in [0.5, 0.6) is 0 Å². The first-order chi connectivity index (χ1) is 10.5. The molecule has 6 atom stereocenters. The topological polar surface area (TPSA) is 186 Å². The molecule has 0 bridgehead atoms. The fourth-order valence-electron chi connectivity index (χ4n) is 1.75. The fraction of sp³-hybridized carbons (Fsp3) is 0.900. The van der Waals surface area contributed by atoms with E-state index in [1.54, 1.807) is 0 Å². The molecule has 0 spiro atoms. The molecule has 1 aliphatic heterocycles.